The average molecular weight is 477 g/mol. The largest absolute Gasteiger partial charge is 0.376 e. The van der Waals surface area contributed by atoms with Crippen LogP contribution in [0.3, 0.4) is 0 Å². The predicted molar refractivity (Wildman–Crippen MR) is 116 cm³/mol. The number of carbonyl (C=O) groups excluding carboxylic acids is 1. The van der Waals surface area contributed by atoms with E-state index in [1.807, 2.05) is 0 Å². The summed E-state index contributed by atoms with van der Waals surface area (Å²) in [7, 11) is -4.76. The van der Waals surface area contributed by atoms with Gasteiger partial charge >= 0.3 is 5.76 Å². The van der Waals surface area contributed by atoms with Gasteiger partial charge < -0.3 is 14.6 Å². The number of hydrogen-bond acceptors (Lipinski definition) is 6. The number of H-pyrrole nitrogens is 1. The number of nitrogens with zero attached hydrogens (tertiary/aromatic N) is 2. The summed E-state index contributed by atoms with van der Waals surface area (Å²) in [6, 6.07) is 11.2. The lowest BCUT2D eigenvalue weighted by molar-refractivity contribution is 0.0501. The van der Waals surface area contributed by atoms with Crippen molar-refractivity contribution < 1.29 is 26.7 Å². The molecule has 1 aromatic heterocycles. The number of sulfone groups is 1. The summed E-state index contributed by atoms with van der Waals surface area (Å²) >= 11 is 0. The minimum absolute atomic E-state index is 0.0180. The molecular weight excluding hydrogens is 456 g/mol. The summed E-state index contributed by atoms with van der Waals surface area (Å²) in [5.41, 5.74) is 0.272. The molecule has 1 N–H and O–H groups in total. The van der Waals surface area contributed by atoms with Crippen LogP contribution in [0.5, 0.6) is 0 Å². The Morgan fingerprint density at radius 2 is 1.91 bits per heavy atom. The zero-order chi connectivity index (χ0) is 23.6. The highest BCUT2D eigenvalue weighted by Crippen LogP contribution is 2.21. The van der Waals surface area contributed by atoms with Crippen LogP contribution in [-0.4, -0.2) is 54.2 Å². The van der Waals surface area contributed by atoms with Gasteiger partial charge in [0.05, 0.1) is 28.4 Å². The van der Waals surface area contributed by atoms with Gasteiger partial charge in [-0.05, 0) is 49.2 Å². The van der Waals surface area contributed by atoms with E-state index in [0.29, 0.717) is 17.5 Å². The van der Waals surface area contributed by atoms with Crippen LogP contribution in [0.2, 0.25) is 0 Å². The first kappa shape index (κ1) is 23.0. The molecule has 0 saturated carbocycles. The van der Waals surface area contributed by atoms with Crippen molar-refractivity contribution in [2.45, 2.75) is 36.1 Å². The molecule has 0 aliphatic carbocycles. The number of nitrogens with one attached hydrogen (secondary N) is 1. The number of fused-ring (bicyclic) bond motifs is 1. The fraction of sp³-hybridized carbons (Fsp3) is 0.318. The predicted octanol–water partition coefficient (Wildman–Crippen LogP) is 2.74. The van der Waals surface area contributed by atoms with Crippen molar-refractivity contribution in [1.82, 2.24) is 14.9 Å². The van der Waals surface area contributed by atoms with Gasteiger partial charge in [0.25, 0.3) is 11.5 Å². The normalized spacial score (nSPS) is 16.4. The first-order chi connectivity index (χ1) is 15.8. The van der Waals surface area contributed by atoms with E-state index in [1.54, 1.807) is 24.3 Å². The maximum Gasteiger partial charge on any atom is 0.341 e. The number of para-hydroxylation sites is 1. The third-order valence-electron chi connectivity index (χ3n) is 5.40. The number of halogens is 2. The highest BCUT2D eigenvalue weighted by molar-refractivity contribution is 7.91. The standard InChI is InChI=1S/C22H21F2N3O5S/c23-22(24)33(30,31)16-9-7-14(8-10-16)21(29)27(12-15-4-3-11-32-15)13-19-25-18-6-2-1-5-17(18)20(28)26-19/h1-2,5-10,15,22H,3-4,11-13H2,(H,25,26,28)/t15-/m0/s1. The SMILES string of the molecule is O=C(c1ccc(S(=O)(=O)C(F)F)cc1)N(Cc1nc2ccccc2c(=O)[nH]1)C[C@@H]1CCCO1. The van der Waals surface area contributed by atoms with E-state index in [1.165, 1.54) is 17.0 Å². The quantitative estimate of drug-likeness (QED) is 0.561. The third kappa shape index (κ3) is 4.93. The van der Waals surface area contributed by atoms with Gasteiger partial charge in [0.15, 0.2) is 0 Å². The Labute approximate surface area is 188 Å². The maximum absolute atomic E-state index is 13.2. The van der Waals surface area contributed by atoms with E-state index >= 15 is 0 Å². The molecular formula is C22H21F2N3O5S. The fourth-order valence-electron chi connectivity index (χ4n) is 3.72. The summed E-state index contributed by atoms with van der Waals surface area (Å²) in [6.45, 7) is 0.792. The molecule has 1 saturated heterocycles. The number of ether oxygens (including phenoxy) is 1. The van der Waals surface area contributed by atoms with E-state index in [9.17, 15) is 26.8 Å². The molecule has 1 fully saturated rings. The molecule has 3 aromatic rings. The molecule has 0 bridgehead atoms. The van der Waals surface area contributed by atoms with Gasteiger partial charge in [0, 0.05) is 18.7 Å². The first-order valence-corrected chi connectivity index (χ1v) is 11.8. The molecule has 0 radical (unpaired) electrons. The summed E-state index contributed by atoms with van der Waals surface area (Å²) in [6.07, 6.45) is 1.43. The minimum Gasteiger partial charge on any atom is -0.376 e. The summed E-state index contributed by atoms with van der Waals surface area (Å²) in [5, 5.41) is 0.425. The van der Waals surface area contributed by atoms with Gasteiger partial charge in [-0.3, -0.25) is 9.59 Å². The zero-order valence-electron chi connectivity index (χ0n) is 17.4. The van der Waals surface area contributed by atoms with Gasteiger partial charge in [-0.1, -0.05) is 12.1 Å². The van der Waals surface area contributed by atoms with Crippen LogP contribution in [0.25, 0.3) is 10.9 Å². The summed E-state index contributed by atoms with van der Waals surface area (Å²) in [5.74, 6) is -3.74. The van der Waals surface area contributed by atoms with Gasteiger partial charge in [0.2, 0.25) is 9.84 Å². The van der Waals surface area contributed by atoms with Gasteiger partial charge in [-0.15, -0.1) is 0 Å². The number of benzene rings is 2. The van der Waals surface area contributed by atoms with Crippen LogP contribution in [0.1, 0.15) is 29.0 Å². The number of rotatable bonds is 7. The average Bonchev–Trinajstić information content (AvgIpc) is 3.31. The zero-order valence-corrected chi connectivity index (χ0v) is 18.2. The molecule has 1 aliphatic rings. The van der Waals surface area contributed by atoms with Crippen LogP contribution in [0.4, 0.5) is 8.78 Å². The van der Waals surface area contributed by atoms with Gasteiger partial charge in [-0.2, -0.15) is 8.78 Å². The van der Waals surface area contributed by atoms with E-state index in [2.05, 4.69) is 9.97 Å². The second kappa shape index (κ2) is 9.36. The second-order valence-electron chi connectivity index (χ2n) is 7.68. The molecule has 2 aromatic carbocycles. The van der Waals surface area contributed by atoms with Crippen LogP contribution in [0.15, 0.2) is 58.2 Å². The number of aromatic nitrogens is 2. The van der Waals surface area contributed by atoms with Gasteiger partial charge in [-0.25, -0.2) is 13.4 Å². The monoisotopic (exact) mass is 477 g/mol. The Bertz CT molecular complexity index is 1320. The molecule has 0 spiro atoms. The maximum atomic E-state index is 13.2. The van der Waals surface area contributed by atoms with Crippen molar-refractivity contribution >= 4 is 26.6 Å². The topological polar surface area (TPSA) is 109 Å². The van der Waals surface area contributed by atoms with Crippen molar-refractivity contribution in [2.24, 2.45) is 0 Å². The molecule has 33 heavy (non-hydrogen) atoms. The summed E-state index contributed by atoms with van der Waals surface area (Å²) < 4.78 is 54.5. The molecule has 1 aliphatic heterocycles. The van der Waals surface area contributed by atoms with Crippen LogP contribution in [0, 0.1) is 0 Å². The first-order valence-electron chi connectivity index (χ1n) is 10.3. The number of alkyl halides is 2. The fourth-order valence-corrected chi connectivity index (χ4v) is 4.44. The number of amides is 1. The number of carbonyl (C=O) groups is 1. The second-order valence-corrected chi connectivity index (χ2v) is 9.60. The lowest BCUT2D eigenvalue weighted by Crippen LogP contribution is -2.38. The highest BCUT2D eigenvalue weighted by Gasteiger charge is 2.28. The molecule has 11 heteroatoms. The lowest BCUT2D eigenvalue weighted by Gasteiger charge is -2.25. The molecule has 2 heterocycles. The molecule has 0 unspecified atom stereocenters. The Balaban J connectivity index is 1.63. The molecule has 4 rings (SSSR count). The minimum atomic E-state index is -4.76. The Hall–Kier alpha value is -3.18. The van der Waals surface area contributed by atoms with Gasteiger partial charge in [0.1, 0.15) is 5.82 Å². The van der Waals surface area contributed by atoms with Crippen LogP contribution in [-0.2, 0) is 21.1 Å². The number of aromatic amines is 1. The Kier molecular flexibility index (Phi) is 6.52. The number of hydrogen-bond donors (Lipinski definition) is 1. The van der Waals surface area contributed by atoms with E-state index in [4.69, 9.17) is 4.74 Å². The summed E-state index contributed by atoms with van der Waals surface area (Å²) in [4.78, 5) is 33.6. The molecule has 1 atom stereocenters. The van der Waals surface area contributed by atoms with E-state index in [-0.39, 0.29) is 36.1 Å². The third-order valence-corrected chi connectivity index (χ3v) is 6.80. The van der Waals surface area contributed by atoms with Crippen molar-refractivity contribution in [3.8, 4) is 0 Å². The molecule has 8 nitrogen and oxygen atoms in total. The smallest absolute Gasteiger partial charge is 0.341 e. The van der Waals surface area contributed by atoms with Crippen LogP contribution >= 0.6 is 0 Å². The van der Waals surface area contributed by atoms with Crippen molar-refractivity contribution in [2.75, 3.05) is 13.2 Å². The lowest BCUT2D eigenvalue weighted by atomic mass is 10.1. The Morgan fingerprint density at radius 1 is 1.18 bits per heavy atom. The van der Waals surface area contributed by atoms with E-state index in [0.717, 1.165) is 25.0 Å². The molecule has 174 valence electrons. The molecule has 1 amide bonds. The van der Waals surface area contributed by atoms with Crippen molar-refractivity contribution in [1.29, 1.82) is 0 Å². The Morgan fingerprint density at radius 3 is 2.58 bits per heavy atom. The van der Waals surface area contributed by atoms with Crippen molar-refractivity contribution in [3.05, 3.63) is 70.3 Å². The van der Waals surface area contributed by atoms with Crippen LogP contribution < -0.4 is 5.56 Å². The van der Waals surface area contributed by atoms with Crippen molar-refractivity contribution in [3.63, 3.8) is 0 Å². The van der Waals surface area contributed by atoms with E-state index < -0.39 is 26.4 Å². The highest BCUT2D eigenvalue weighted by atomic mass is 32.2.